The summed E-state index contributed by atoms with van der Waals surface area (Å²) in [5.41, 5.74) is 1.89. The predicted molar refractivity (Wildman–Crippen MR) is 74.2 cm³/mol. The molecule has 0 aliphatic carbocycles. The summed E-state index contributed by atoms with van der Waals surface area (Å²) in [5.74, 6) is -0.359. The number of aromatic nitrogens is 2. The van der Waals surface area contributed by atoms with Gasteiger partial charge in [-0.3, -0.25) is 4.98 Å². The van der Waals surface area contributed by atoms with Crippen LogP contribution in [0.25, 0.3) is 21.5 Å². The van der Waals surface area contributed by atoms with E-state index in [1.165, 1.54) is 18.4 Å². The maximum atomic E-state index is 11.5. The SMILES string of the molecule is COC(=O)c1cnc(-c2ccnc3ccccc23)s1. The Labute approximate surface area is 113 Å². The van der Waals surface area contributed by atoms with Crippen LogP contribution in [0.4, 0.5) is 0 Å². The number of fused-ring (bicyclic) bond motifs is 1. The van der Waals surface area contributed by atoms with E-state index in [4.69, 9.17) is 4.74 Å². The van der Waals surface area contributed by atoms with Gasteiger partial charge in [0.05, 0.1) is 18.8 Å². The predicted octanol–water partition coefficient (Wildman–Crippen LogP) is 3.14. The zero-order valence-corrected chi connectivity index (χ0v) is 11.0. The number of hydrogen-bond donors (Lipinski definition) is 0. The minimum absolute atomic E-state index is 0.359. The molecule has 2 aromatic heterocycles. The summed E-state index contributed by atoms with van der Waals surface area (Å²) in [6, 6.07) is 9.76. The first-order valence-electron chi connectivity index (χ1n) is 5.68. The molecule has 0 fully saturated rings. The van der Waals surface area contributed by atoms with Gasteiger partial charge in [0.25, 0.3) is 0 Å². The summed E-state index contributed by atoms with van der Waals surface area (Å²) in [6.07, 6.45) is 3.29. The van der Waals surface area contributed by atoms with Crippen LogP contribution < -0.4 is 0 Å². The second-order valence-electron chi connectivity index (χ2n) is 3.90. The number of hydrogen-bond acceptors (Lipinski definition) is 5. The normalized spacial score (nSPS) is 10.6. The van der Waals surface area contributed by atoms with Gasteiger partial charge in [-0.25, -0.2) is 9.78 Å². The van der Waals surface area contributed by atoms with Gasteiger partial charge in [-0.05, 0) is 12.1 Å². The molecule has 19 heavy (non-hydrogen) atoms. The first-order valence-corrected chi connectivity index (χ1v) is 6.49. The molecule has 0 spiro atoms. The smallest absolute Gasteiger partial charge is 0.349 e. The van der Waals surface area contributed by atoms with Crippen molar-refractivity contribution in [3.8, 4) is 10.6 Å². The zero-order valence-electron chi connectivity index (χ0n) is 10.2. The van der Waals surface area contributed by atoms with Gasteiger partial charge in [-0.1, -0.05) is 18.2 Å². The molecule has 5 heteroatoms. The molecular formula is C14H10N2O2S. The lowest BCUT2D eigenvalue weighted by Crippen LogP contribution is -1.96. The number of rotatable bonds is 2. The van der Waals surface area contributed by atoms with E-state index in [0.717, 1.165) is 21.5 Å². The highest BCUT2D eigenvalue weighted by Gasteiger charge is 2.13. The Bertz CT molecular complexity index is 747. The van der Waals surface area contributed by atoms with E-state index >= 15 is 0 Å². The van der Waals surface area contributed by atoms with Crippen LogP contribution in [0.15, 0.2) is 42.7 Å². The third-order valence-electron chi connectivity index (χ3n) is 2.77. The molecule has 3 aromatic rings. The van der Waals surface area contributed by atoms with Gasteiger partial charge in [-0.2, -0.15) is 0 Å². The average Bonchev–Trinajstić information content (AvgIpc) is 2.95. The van der Waals surface area contributed by atoms with E-state index in [-0.39, 0.29) is 5.97 Å². The van der Waals surface area contributed by atoms with E-state index in [9.17, 15) is 4.79 Å². The largest absolute Gasteiger partial charge is 0.465 e. The van der Waals surface area contributed by atoms with Gasteiger partial charge in [0.15, 0.2) is 0 Å². The monoisotopic (exact) mass is 270 g/mol. The van der Waals surface area contributed by atoms with E-state index < -0.39 is 0 Å². The van der Waals surface area contributed by atoms with Crippen LogP contribution >= 0.6 is 11.3 Å². The molecule has 4 nitrogen and oxygen atoms in total. The summed E-state index contributed by atoms with van der Waals surface area (Å²) in [7, 11) is 1.36. The fourth-order valence-corrected chi connectivity index (χ4v) is 2.75. The minimum Gasteiger partial charge on any atom is -0.465 e. The highest BCUT2D eigenvalue weighted by molar-refractivity contribution is 7.16. The molecule has 0 N–H and O–H groups in total. The number of pyridine rings is 1. The summed E-state index contributed by atoms with van der Waals surface area (Å²) >= 11 is 1.32. The lowest BCUT2D eigenvalue weighted by molar-refractivity contribution is 0.0606. The van der Waals surface area contributed by atoms with E-state index in [1.54, 1.807) is 12.4 Å². The van der Waals surface area contributed by atoms with Crippen molar-refractivity contribution < 1.29 is 9.53 Å². The fraction of sp³-hybridized carbons (Fsp3) is 0.0714. The second-order valence-corrected chi connectivity index (χ2v) is 4.93. The molecule has 0 saturated heterocycles. The Morgan fingerprint density at radius 1 is 1.21 bits per heavy atom. The Morgan fingerprint density at radius 2 is 2.05 bits per heavy atom. The van der Waals surface area contributed by atoms with Crippen LogP contribution in [-0.4, -0.2) is 23.0 Å². The molecule has 0 unspecified atom stereocenters. The van der Waals surface area contributed by atoms with Crippen molar-refractivity contribution in [2.75, 3.05) is 7.11 Å². The number of esters is 1. The summed E-state index contributed by atoms with van der Waals surface area (Å²) in [6.45, 7) is 0. The number of benzene rings is 1. The van der Waals surface area contributed by atoms with Crippen LogP contribution in [0.2, 0.25) is 0 Å². The molecule has 0 radical (unpaired) electrons. The van der Waals surface area contributed by atoms with Crippen molar-refractivity contribution in [1.82, 2.24) is 9.97 Å². The molecule has 0 amide bonds. The number of methoxy groups -OCH3 is 1. The van der Waals surface area contributed by atoms with Crippen LogP contribution in [0.3, 0.4) is 0 Å². The Kier molecular flexibility index (Phi) is 2.97. The lowest BCUT2D eigenvalue weighted by Gasteiger charge is -2.01. The lowest BCUT2D eigenvalue weighted by atomic mass is 10.1. The molecule has 2 heterocycles. The highest BCUT2D eigenvalue weighted by Crippen LogP contribution is 2.30. The highest BCUT2D eigenvalue weighted by atomic mass is 32.1. The van der Waals surface area contributed by atoms with E-state index in [2.05, 4.69) is 9.97 Å². The van der Waals surface area contributed by atoms with Gasteiger partial charge >= 0.3 is 5.97 Å². The van der Waals surface area contributed by atoms with Crippen molar-refractivity contribution in [2.24, 2.45) is 0 Å². The Balaban J connectivity index is 2.14. The molecule has 1 aromatic carbocycles. The van der Waals surface area contributed by atoms with Gasteiger partial charge in [0, 0.05) is 17.1 Å². The van der Waals surface area contributed by atoms with Crippen molar-refractivity contribution in [3.05, 3.63) is 47.6 Å². The number of carbonyl (C=O) groups excluding carboxylic acids is 1. The van der Waals surface area contributed by atoms with Gasteiger partial charge < -0.3 is 4.74 Å². The summed E-state index contributed by atoms with van der Waals surface area (Å²) in [5, 5.41) is 1.81. The number of carbonyl (C=O) groups is 1. The molecule has 0 saturated carbocycles. The maximum absolute atomic E-state index is 11.5. The molecule has 94 valence electrons. The number of nitrogens with zero attached hydrogens (tertiary/aromatic N) is 2. The van der Waals surface area contributed by atoms with Crippen LogP contribution in [0.1, 0.15) is 9.67 Å². The van der Waals surface area contributed by atoms with Crippen molar-refractivity contribution >= 4 is 28.2 Å². The van der Waals surface area contributed by atoms with Crippen LogP contribution in [0.5, 0.6) is 0 Å². The topological polar surface area (TPSA) is 52.1 Å². The van der Waals surface area contributed by atoms with Crippen LogP contribution in [0, 0.1) is 0 Å². The average molecular weight is 270 g/mol. The zero-order chi connectivity index (χ0) is 13.2. The quantitative estimate of drug-likeness (QED) is 0.671. The van der Waals surface area contributed by atoms with Gasteiger partial charge in [0.1, 0.15) is 9.88 Å². The first-order chi connectivity index (χ1) is 9.29. The third kappa shape index (κ3) is 2.08. The summed E-state index contributed by atoms with van der Waals surface area (Å²) in [4.78, 5) is 20.6. The Hall–Kier alpha value is -2.27. The van der Waals surface area contributed by atoms with Gasteiger partial charge in [-0.15, -0.1) is 11.3 Å². The Morgan fingerprint density at radius 3 is 2.89 bits per heavy atom. The number of thiazole rings is 1. The molecule has 0 aliphatic rings. The molecular weight excluding hydrogens is 260 g/mol. The van der Waals surface area contributed by atoms with Crippen LogP contribution in [-0.2, 0) is 4.74 Å². The number of ether oxygens (including phenoxy) is 1. The van der Waals surface area contributed by atoms with Crippen molar-refractivity contribution in [2.45, 2.75) is 0 Å². The maximum Gasteiger partial charge on any atom is 0.349 e. The standard InChI is InChI=1S/C14H10N2O2S/c1-18-14(17)12-8-16-13(19-12)10-6-7-15-11-5-3-2-4-9(10)11/h2-8H,1H3. The van der Waals surface area contributed by atoms with E-state index in [1.807, 2.05) is 30.3 Å². The van der Waals surface area contributed by atoms with E-state index in [0.29, 0.717) is 4.88 Å². The third-order valence-corrected chi connectivity index (χ3v) is 3.78. The molecule has 0 atom stereocenters. The minimum atomic E-state index is -0.359. The number of para-hydroxylation sites is 1. The molecule has 0 bridgehead atoms. The van der Waals surface area contributed by atoms with Gasteiger partial charge in [0.2, 0.25) is 0 Å². The molecule has 3 rings (SSSR count). The van der Waals surface area contributed by atoms with Crippen molar-refractivity contribution in [3.63, 3.8) is 0 Å². The first kappa shape index (κ1) is 11.8. The fourth-order valence-electron chi connectivity index (χ4n) is 1.88. The van der Waals surface area contributed by atoms with Crippen molar-refractivity contribution in [1.29, 1.82) is 0 Å². The summed E-state index contributed by atoms with van der Waals surface area (Å²) < 4.78 is 4.69. The second kappa shape index (κ2) is 4.78. The molecule has 0 aliphatic heterocycles.